The van der Waals surface area contributed by atoms with Crippen LogP contribution in [-0.4, -0.2) is 31.5 Å². The Kier molecular flexibility index (Phi) is 13.0. The van der Waals surface area contributed by atoms with Crippen LogP contribution in [0.25, 0.3) is 0 Å². The number of aliphatic hydroxyl groups is 1. The number of aliphatic hydroxyl groups excluding tert-OH is 1. The number of hydrogen-bond donors (Lipinski definition) is 1. The van der Waals surface area contributed by atoms with Crippen molar-refractivity contribution in [1.82, 2.24) is 0 Å². The first-order valence-electron chi connectivity index (χ1n) is 4.16. The van der Waals surface area contributed by atoms with E-state index in [4.69, 9.17) is 30.5 Å². The molecule has 0 saturated heterocycles. The summed E-state index contributed by atoms with van der Waals surface area (Å²) in [5.41, 5.74) is 0. The maximum Gasteiger partial charge on any atom is 0.176 e. The minimum Gasteiger partial charge on any atom is -0.396 e. The van der Waals surface area contributed by atoms with Crippen LogP contribution in [0.5, 0.6) is 0 Å². The summed E-state index contributed by atoms with van der Waals surface area (Å²) in [6, 6.07) is 0. The van der Waals surface area contributed by atoms with Gasteiger partial charge in [-0.3, -0.25) is 0 Å². The topological polar surface area (TPSA) is 47.9 Å². The molecular formula is C6H14O4P2S2. The van der Waals surface area contributed by atoms with E-state index in [9.17, 15) is 0 Å². The van der Waals surface area contributed by atoms with Crippen LogP contribution in [0.15, 0.2) is 0 Å². The molecule has 0 bridgehead atoms. The maximum absolute atomic E-state index is 8.48. The van der Waals surface area contributed by atoms with Gasteiger partial charge >= 0.3 is 0 Å². The molecular weight excluding hydrogens is 262 g/mol. The van der Waals surface area contributed by atoms with E-state index in [-0.39, 0.29) is 6.61 Å². The second-order valence-electron chi connectivity index (χ2n) is 2.29. The van der Waals surface area contributed by atoms with Crippen LogP contribution in [0.1, 0.15) is 12.8 Å². The summed E-state index contributed by atoms with van der Waals surface area (Å²) in [5.74, 6) is 0. The Balaban J connectivity index is 3.14. The van der Waals surface area contributed by atoms with E-state index in [2.05, 4.69) is 11.8 Å². The number of hydrogen-bond acceptors (Lipinski definition) is 6. The average Bonchev–Trinajstić information content (AvgIpc) is 2.18. The van der Waals surface area contributed by atoms with Crippen LogP contribution in [0, 0.1) is 0 Å². The molecule has 4 nitrogen and oxygen atoms in total. The van der Waals surface area contributed by atoms with Crippen LogP contribution in [0.3, 0.4) is 0 Å². The van der Waals surface area contributed by atoms with Gasteiger partial charge in [-0.2, -0.15) is 0 Å². The van der Waals surface area contributed by atoms with Crippen molar-refractivity contribution in [2.24, 2.45) is 0 Å². The Hall–Kier alpha value is 1.01. The van der Waals surface area contributed by atoms with Gasteiger partial charge in [0.1, 0.15) is 7.58 Å². The Morgan fingerprint density at radius 2 is 1.79 bits per heavy atom. The van der Waals surface area contributed by atoms with Crippen molar-refractivity contribution in [3.63, 3.8) is 0 Å². The largest absolute Gasteiger partial charge is 0.396 e. The molecule has 0 heterocycles. The van der Waals surface area contributed by atoms with Crippen LogP contribution < -0.4 is 0 Å². The summed E-state index contributed by atoms with van der Waals surface area (Å²) in [7, 11) is -1.04. The lowest BCUT2D eigenvalue weighted by molar-refractivity contribution is 0.215. The number of rotatable bonds is 10. The molecule has 0 aromatic rings. The average molecular weight is 276 g/mol. The molecule has 0 aliphatic rings. The standard InChI is InChI=1S/C6H14O4P2S2/c7-3-1-5-9-12(14)10-6-2-4-8-11-13/h7,12H,1-6H2. The third-order valence-electron chi connectivity index (χ3n) is 1.17. The molecule has 0 aromatic heterocycles. The predicted octanol–water partition coefficient (Wildman–Crippen LogP) is 1.64. The fourth-order valence-electron chi connectivity index (χ4n) is 0.578. The third kappa shape index (κ3) is 11.1. The van der Waals surface area contributed by atoms with Crippen LogP contribution in [-0.2, 0) is 37.2 Å². The van der Waals surface area contributed by atoms with Crippen molar-refractivity contribution in [3.8, 4) is 0 Å². The molecule has 8 heteroatoms. The van der Waals surface area contributed by atoms with Gasteiger partial charge in [-0.1, -0.05) is 0 Å². The van der Waals surface area contributed by atoms with Gasteiger partial charge in [-0.25, -0.2) is 0 Å². The van der Waals surface area contributed by atoms with Gasteiger partial charge in [0.2, 0.25) is 0 Å². The second kappa shape index (κ2) is 12.1. The summed E-state index contributed by atoms with van der Waals surface area (Å²) in [4.78, 5) is 0. The van der Waals surface area contributed by atoms with Gasteiger partial charge in [0.05, 0.1) is 19.8 Å². The zero-order chi connectivity index (χ0) is 10.6. The van der Waals surface area contributed by atoms with E-state index in [1.165, 1.54) is 0 Å². The molecule has 0 fully saturated rings. The first-order chi connectivity index (χ1) is 6.81. The van der Waals surface area contributed by atoms with E-state index in [0.29, 0.717) is 33.8 Å². The first-order valence-corrected chi connectivity index (χ1v) is 8.44. The highest BCUT2D eigenvalue weighted by atomic mass is 32.4. The van der Waals surface area contributed by atoms with Gasteiger partial charge in [-0.05, 0) is 36.5 Å². The SMILES string of the molecule is OCCCO[PH](=S)OCCCOP=S. The molecule has 14 heavy (non-hydrogen) atoms. The minimum absolute atomic E-state index is 0.121. The van der Waals surface area contributed by atoms with Crippen molar-refractivity contribution >= 4 is 38.3 Å². The van der Waals surface area contributed by atoms with E-state index in [1.807, 2.05) is 0 Å². The van der Waals surface area contributed by atoms with E-state index < -0.39 is 7.15 Å². The van der Waals surface area contributed by atoms with Crippen LogP contribution >= 0.6 is 14.7 Å². The molecule has 0 rings (SSSR count). The summed E-state index contributed by atoms with van der Waals surface area (Å²) in [6.07, 6.45) is 1.38. The predicted molar refractivity (Wildman–Crippen MR) is 64.1 cm³/mol. The van der Waals surface area contributed by atoms with Crippen molar-refractivity contribution < 1.29 is 18.7 Å². The normalized spacial score (nSPS) is 13.2. The van der Waals surface area contributed by atoms with Crippen molar-refractivity contribution in [3.05, 3.63) is 0 Å². The zero-order valence-electron chi connectivity index (χ0n) is 7.68. The summed E-state index contributed by atoms with van der Waals surface area (Å²) < 4.78 is 15.3. The van der Waals surface area contributed by atoms with Crippen molar-refractivity contribution in [2.45, 2.75) is 12.8 Å². The maximum atomic E-state index is 8.48. The molecule has 0 aliphatic carbocycles. The van der Waals surface area contributed by atoms with Crippen LogP contribution in [0.4, 0.5) is 0 Å². The lowest BCUT2D eigenvalue weighted by Gasteiger charge is -2.06. The molecule has 1 unspecified atom stereocenters. The first kappa shape index (κ1) is 15.0. The van der Waals surface area contributed by atoms with E-state index in [1.54, 1.807) is 0 Å². The highest BCUT2D eigenvalue weighted by molar-refractivity contribution is 8.00. The van der Waals surface area contributed by atoms with Gasteiger partial charge in [-0.15, -0.1) is 0 Å². The van der Waals surface area contributed by atoms with Gasteiger partial charge in [0, 0.05) is 6.61 Å². The van der Waals surface area contributed by atoms with Gasteiger partial charge < -0.3 is 18.7 Å². The molecule has 0 amide bonds. The Morgan fingerprint density at radius 1 is 1.14 bits per heavy atom. The summed E-state index contributed by atoms with van der Waals surface area (Å²) in [5, 5.41) is 8.48. The van der Waals surface area contributed by atoms with E-state index in [0.717, 1.165) is 6.42 Å². The Labute approximate surface area is 96.4 Å². The lowest BCUT2D eigenvalue weighted by Crippen LogP contribution is -1.95. The van der Waals surface area contributed by atoms with Crippen molar-refractivity contribution in [1.29, 1.82) is 0 Å². The quantitative estimate of drug-likeness (QED) is 0.483. The second-order valence-corrected chi connectivity index (χ2v) is 5.22. The third-order valence-corrected chi connectivity index (χ3v) is 3.37. The highest BCUT2D eigenvalue weighted by Gasteiger charge is 1.95. The smallest absolute Gasteiger partial charge is 0.176 e. The Morgan fingerprint density at radius 3 is 2.36 bits per heavy atom. The highest BCUT2D eigenvalue weighted by Crippen LogP contribution is 2.24. The van der Waals surface area contributed by atoms with Crippen molar-refractivity contribution in [2.75, 3.05) is 26.4 Å². The molecule has 0 radical (unpaired) electrons. The van der Waals surface area contributed by atoms with E-state index >= 15 is 0 Å². The molecule has 1 N–H and O–H groups in total. The molecule has 84 valence electrons. The molecule has 1 atom stereocenters. The monoisotopic (exact) mass is 276 g/mol. The molecule has 0 aromatic carbocycles. The van der Waals surface area contributed by atoms with Gasteiger partial charge in [0.25, 0.3) is 0 Å². The lowest BCUT2D eigenvalue weighted by atomic mass is 10.5. The zero-order valence-corrected chi connectivity index (χ0v) is 11.2. The van der Waals surface area contributed by atoms with Gasteiger partial charge in [0.15, 0.2) is 7.15 Å². The van der Waals surface area contributed by atoms with Crippen LogP contribution in [0.2, 0.25) is 0 Å². The summed E-state index contributed by atoms with van der Waals surface area (Å²) >= 11 is 9.51. The minimum atomic E-state index is -1.56. The fourth-order valence-corrected chi connectivity index (χ4v) is 2.21. The fraction of sp³-hybridized carbons (Fsp3) is 1.00. The summed E-state index contributed by atoms with van der Waals surface area (Å²) in [6.45, 7) is 1.72. The molecule has 0 saturated carbocycles. The molecule has 0 spiro atoms. The molecule has 0 aliphatic heterocycles. The Bertz CT molecular complexity index is 170.